The summed E-state index contributed by atoms with van der Waals surface area (Å²) >= 11 is 0. The van der Waals surface area contributed by atoms with E-state index < -0.39 is 0 Å². The van der Waals surface area contributed by atoms with Crippen molar-refractivity contribution in [1.29, 1.82) is 0 Å². The highest BCUT2D eigenvalue weighted by molar-refractivity contribution is 5.91. The smallest absolute Gasteiger partial charge is 0.157 e. The number of ketones is 1. The van der Waals surface area contributed by atoms with Gasteiger partial charge in [-0.2, -0.15) is 0 Å². The minimum absolute atomic E-state index is 0.0968. The minimum Gasteiger partial charge on any atom is -0.385 e. The zero-order valence-electron chi connectivity index (χ0n) is 11.7. The molecule has 0 aliphatic heterocycles. The first-order valence-electron chi connectivity index (χ1n) is 7.09. The van der Waals surface area contributed by atoms with Crippen molar-refractivity contribution < 1.29 is 4.79 Å². The molecule has 1 N–H and O–H groups in total. The molecular formula is C17H21NO. The van der Waals surface area contributed by atoms with E-state index >= 15 is 0 Å². The second-order valence-corrected chi connectivity index (χ2v) is 6.67. The van der Waals surface area contributed by atoms with Crippen LogP contribution < -0.4 is 5.32 Å². The largest absolute Gasteiger partial charge is 0.385 e. The molecule has 0 fully saturated rings. The van der Waals surface area contributed by atoms with Crippen LogP contribution in [-0.4, -0.2) is 11.8 Å². The molecule has 0 radical (unpaired) electrons. The van der Waals surface area contributed by atoms with Gasteiger partial charge < -0.3 is 5.32 Å². The lowest BCUT2D eigenvalue weighted by Crippen LogP contribution is -2.34. The van der Waals surface area contributed by atoms with Crippen LogP contribution in [0.3, 0.4) is 0 Å². The Bertz CT molecular complexity index is 517. The monoisotopic (exact) mass is 255 g/mol. The fourth-order valence-electron chi connectivity index (χ4n) is 3.36. The normalized spacial score (nSPS) is 22.0. The van der Waals surface area contributed by atoms with Gasteiger partial charge in [0.25, 0.3) is 0 Å². The molecule has 2 heteroatoms. The zero-order valence-corrected chi connectivity index (χ0v) is 11.7. The van der Waals surface area contributed by atoms with E-state index in [9.17, 15) is 4.79 Å². The Kier molecular flexibility index (Phi) is 2.96. The summed E-state index contributed by atoms with van der Waals surface area (Å²) in [7, 11) is 0. The molecule has 1 aromatic rings. The lowest BCUT2D eigenvalue weighted by Gasteiger charge is -2.30. The molecule has 0 saturated heterocycles. The maximum absolute atomic E-state index is 11.8. The second kappa shape index (κ2) is 4.52. The van der Waals surface area contributed by atoms with Crippen molar-refractivity contribution in [3.63, 3.8) is 0 Å². The van der Waals surface area contributed by atoms with Crippen LogP contribution in [0.2, 0.25) is 0 Å². The summed E-state index contributed by atoms with van der Waals surface area (Å²) in [6.45, 7) is 4.34. The third-order valence-corrected chi connectivity index (χ3v) is 4.10. The Labute approximate surface area is 114 Å². The summed E-state index contributed by atoms with van der Waals surface area (Å²) in [5.74, 6) is 0.259. The zero-order chi connectivity index (χ0) is 13.5. The van der Waals surface area contributed by atoms with Gasteiger partial charge >= 0.3 is 0 Å². The van der Waals surface area contributed by atoms with Crippen LogP contribution in [0.15, 0.2) is 36.0 Å². The third kappa shape index (κ3) is 2.73. The first-order valence-corrected chi connectivity index (χ1v) is 7.09. The second-order valence-electron chi connectivity index (χ2n) is 6.67. The van der Waals surface area contributed by atoms with E-state index in [0.29, 0.717) is 12.5 Å². The van der Waals surface area contributed by atoms with Gasteiger partial charge in [-0.05, 0) is 35.8 Å². The van der Waals surface area contributed by atoms with Crippen LogP contribution in [0.1, 0.15) is 37.8 Å². The number of benzene rings is 1. The number of fused-ring (bicyclic) bond motifs is 1. The molecule has 2 nitrogen and oxygen atoms in total. The Morgan fingerprint density at radius 1 is 1.11 bits per heavy atom. The fraction of sp³-hybridized carbons (Fsp3) is 0.471. The Balaban J connectivity index is 1.69. The minimum atomic E-state index is 0.0968. The van der Waals surface area contributed by atoms with Crippen LogP contribution in [0.4, 0.5) is 0 Å². The molecule has 1 aromatic carbocycles. The van der Waals surface area contributed by atoms with Gasteiger partial charge in [0.15, 0.2) is 5.78 Å². The van der Waals surface area contributed by atoms with Gasteiger partial charge in [-0.3, -0.25) is 4.79 Å². The molecule has 2 aliphatic rings. The summed E-state index contributed by atoms with van der Waals surface area (Å²) in [6.07, 6.45) is 5.60. The maximum Gasteiger partial charge on any atom is 0.157 e. The predicted molar refractivity (Wildman–Crippen MR) is 76.9 cm³/mol. The van der Waals surface area contributed by atoms with Gasteiger partial charge in [0, 0.05) is 24.2 Å². The molecule has 2 aliphatic carbocycles. The maximum atomic E-state index is 11.8. The molecule has 0 spiro atoms. The van der Waals surface area contributed by atoms with E-state index in [1.54, 1.807) is 0 Å². The topological polar surface area (TPSA) is 29.1 Å². The fourth-order valence-corrected chi connectivity index (χ4v) is 3.36. The highest BCUT2D eigenvalue weighted by Crippen LogP contribution is 2.33. The van der Waals surface area contributed by atoms with Crippen molar-refractivity contribution in [2.75, 3.05) is 0 Å². The van der Waals surface area contributed by atoms with Crippen molar-refractivity contribution in [3.8, 4) is 0 Å². The first-order chi connectivity index (χ1) is 9.02. The molecule has 3 rings (SSSR count). The number of rotatable bonds is 2. The lowest BCUT2D eigenvalue weighted by atomic mass is 9.79. The number of carbonyl (C=O) groups is 1. The molecular weight excluding hydrogens is 234 g/mol. The molecule has 19 heavy (non-hydrogen) atoms. The Morgan fingerprint density at radius 2 is 1.74 bits per heavy atom. The van der Waals surface area contributed by atoms with Gasteiger partial charge in [0.05, 0.1) is 0 Å². The molecule has 0 saturated carbocycles. The standard InChI is InChI=1S/C17H21NO/c1-17(2)10-15(9-16(19)11-17)18-14-7-12-5-3-4-6-13(12)8-14/h3-6,9,14,18H,7-8,10-11H2,1-2H3. The number of carbonyl (C=O) groups excluding carboxylic acids is 1. The average molecular weight is 255 g/mol. The van der Waals surface area contributed by atoms with Gasteiger partial charge in [-0.25, -0.2) is 0 Å². The van der Waals surface area contributed by atoms with Gasteiger partial charge in [-0.15, -0.1) is 0 Å². The molecule has 0 amide bonds. The quantitative estimate of drug-likeness (QED) is 0.880. The van der Waals surface area contributed by atoms with Gasteiger partial charge in [0.1, 0.15) is 0 Å². The van der Waals surface area contributed by atoms with Crippen molar-refractivity contribution in [3.05, 3.63) is 47.2 Å². The van der Waals surface area contributed by atoms with Crippen molar-refractivity contribution in [1.82, 2.24) is 5.32 Å². The molecule has 0 aromatic heterocycles. The van der Waals surface area contributed by atoms with E-state index in [4.69, 9.17) is 0 Å². The highest BCUT2D eigenvalue weighted by Gasteiger charge is 2.29. The van der Waals surface area contributed by atoms with Crippen LogP contribution >= 0.6 is 0 Å². The predicted octanol–water partition coefficient (Wildman–Crippen LogP) is 3.02. The molecule has 0 heterocycles. The van der Waals surface area contributed by atoms with E-state index in [0.717, 1.165) is 25.0 Å². The average Bonchev–Trinajstić information content (AvgIpc) is 2.67. The Hall–Kier alpha value is -1.57. The van der Waals surface area contributed by atoms with E-state index in [-0.39, 0.29) is 11.2 Å². The number of hydrogen-bond donors (Lipinski definition) is 1. The highest BCUT2D eigenvalue weighted by atomic mass is 16.1. The van der Waals surface area contributed by atoms with E-state index in [2.05, 4.69) is 43.4 Å². The van der Waals surface area contributed by atoms with Crippen LogP contribution in [0.25, 0.3) is 0 Å². The van der Waals surface area contributed by atoms with E-state index in [1.807, 2.05) is 6.08 Å². The van der Waals surface area contributed by atoms with Crippen LogP contribution in [0.5, 0.6) is 0 Å². The summed E-state index contributed by atoms with van der Waals surface area (Å²) in [5.41, 5.74) is 4.11. The van der Waals surface area contributed by atoms with Gasteiger partial charge in [-0.1, -0.05) is 38.1 Å². The van der Waals surface area contributed by atoms with Crippen molar-refractivity contribution in [2.24, 2.45) is 5.41 Å². The summed E-state index contributed by atoms with van der Waals surface area (Å²) in [6, 6.07) is 9.08. The summed E-state index contributed by atoms with van der Waals surface area (Å²) in [4.78, 5) is 11.8. The third-order valence-electron chi connectivity index (χ3n) is 4.10. The summed E-state index contributed by atoms with van der Waals surface area (Å²) < 4.78 is 0. The number of allylic oxidation sites excluding steroid dienone is 2. The lowest BCUT2D eigenvalue weighted by molar-refractivity contribution is -0.117. The SMILES string of the molecule is CC1(C)CC(=O)C=C(NC2Cc3ccccc3C2)C1. The van der Waals surface area contributed by atoms with Gasteiger partial charge in [0.2, 0.25) is 0 Å². The van der Waals surface area contributed by atoms with E-state index in [1.165, 1.54) is 11.1 Å². The number of hydrogen-bond acceptors (Lipinski definition) is 2. The summed E-state index contributed by atoms with van der Waals surface area (Å²) in [5, 5.41) is 3.59. The van der Waals surface area contributed by atoms with Crippen molar-refractivity contribution in [2.45, 2.75) is 45.6 Å². The first kappa shape index (κ1) is 12.5. The molecule has 0 unspecified atom stereocenters. The van der Waals surface area contributed by atoms with Crippen LogP contribution in [0, 0.1) is 5.41 Å². The Morgan fingerprint density at radius 3 is 2.32 bits per heavy atom. The molecule has 0 atom stereocenters. The van der Waals surface area contributed by atoms with Crippen LogP contribution in [-0.2, 0) is 17.6 Å². The number of nitrogens with one attached hydrogen (secondary N) is 1. The molecule has 0 bridgehead atoms. The molecule has 100 valence electrons. The van der Waals surface area contributed by atoms with Crippen molar-refractivity contribution >= 4 is 5.78 Å².